The van der Waals surface area contributed by atoms with Crippen molar-refractivity contribution in [2.45, 2.75) is 44.6 Å². The van der Waals surface area contributed by atoms with Gasteiger partial charge in [-0.05, 0) is 37.7 Å². The third-order valence-electron chi connectivity index (χ3n) is 4.27. The molecule has 1 aromatic rings. The number of aromatic carboxylic acids is 1. The Labute approximate surface area is 119 Å². The van der Waals surface area contributed by atoms with Gasteiger partial charge in [-0.2, -0.15) is 0 Å². The highest BCUT2D eigenvalue weighted by Crippen LogP contribution is 2.33. The van der Waals surface area contributed by atoms with Gasteiger partial charge in [0, 0.05) is 12.7 Å². The second kappa shape index (κ2) is 6.22. The fourth-order valence-corrected chi connectivity index (χ4v) is 2.78. The first-order chi connectivity index (χ1) is 9.54. The van der Waals surface area contributed by atoms with Crippen molar-refractivity contribution >= 4 is 11.7 Å². The van der Waals surface area contributed by atoms with E-state index in [4.69, 9.17) is 5.11 Å². The number of hydrogen-bond donors (Lipinski definition) is 3. The van der Waals surface area contributed by atoms with Crippen LogP contribution in [0.5, 0.6) is 0 Å². The van der Waals surface area contributed by atoms with Crippen LogP contribution < -0.4 is 5.32 Å². The van der Waals surface area contributed by atoms with Gasteiger partial charge in [-0.15, -0.1) is 0 Å². The van der Waals surface area contributed by atoms with Crippen LogP contribution in [0.2, 0.25) is 0 Å². The molecule has 20 heavy (non-hydrogen) atoms. The van der Waals surface area contributed by atoms with Crippen molar-refractivity contribution in [3.63, 3.8) is 0 Å². The van der Waals surface area contributed by atoms with Crippen molar-refractivity contribution < 1.29 is 15.0 Å². The molecule has 0 aromatic carbocycles. The average molecular weight is 278 g/mol. The van der Waals surface area contributed by atoms with E-state index in [-0.39, 0.29) is 5.56 Å². The average Bonchev–Trinajstić information content (AvgIpc) is 2.46. The molecule has 110 valence electrons. The number of carboxylic acids is 1. The molecular weight excluding hydrogens is 256 g/mol. The third-order valence-corrected chi connectivity index (χ3v) is 4.27. The van der Waals surface area contributed by atoms with Gasteiger partial charge in [0.25, 0.3) is 0 Å². The van der Waals surface area contributed by atoms with Crippen LogP contribution in [0, 0.1) is 5.92 Å². The monoisotopic (exact) mass is 278 g/mol. The van der Waals surface area contributed by atoms with E-state index in [0.29, 0.717) is 18.2 Å². The minimum absolute atomic E-state index is 0.186. The molecule has 0 saturated heterocycles. The van der Waals surface area contributed by atoms with Crippen LogP contribution in [0.1, 0.15) is 49.4 Å². The highest BCUT2D eigenvalue weighted by atomic mass is 16.4. The topological polar surface area (TPSA) is 82.5 Å². The Hall–Kier alpha value is -1.62. The summed E-state index contributed by atoms with van der Waals surface area (Å²) in [6.45, 7) is 2.55. The number of pyridine rings is 1. The second-order valence-electron chi connectivity index (χ2n) is 5.66. The predicted molar refractivity (Wildman–Crippen MR) is 76.9 cm³/mol. The van der Waals surface area contributed by atoms with Crippen LogP contribution in [0.3, 0.4) is 0 Å². The number of aliphatic hydroxyl groups is 1. The van der Waals surface area contributed by atoms with Gasteiger partial charge < -0.3 is 15.5 Å². The lowest BCUT2D eigenvalue weighted by atomic mass is 9.78. The lowest BCUT2D eigenvalue weighted by molar-refractivity contribution is 0.00225. The summed E-state index contributed by atoms with van der Waals surface area (Å²) in [5, 5.41) is 22.7. The maximum Gasteiger partial charge on any atom is 0.337 e. The molecule has 0 spiro atoms. The van der Waals surface area contributed by atoms with Gasteiger partial charge in [-0.3, -0.25) is 4.98 Å². The number of nitrogens with zero attached hydrogens (tertiary/aromatic N) is 1. The zero-order valence-electron chi connectivity index (χ0n) is 11.8. The quantitative estimate of drug-likeness (QED) is 0.771. The molecule has 0 amide bonds. The summed E-state index contributed by atoms with van der Waals surface area (Å²) in [4.78, 5) is 15.0. The lowest BCUT2D eigenvalue weighted by Gasteiger charge is -2.36. The fourth-order valence-electron chi connectivity index (χ4n) is 2.78. The summed E-state index contributed by atoms with van der Waals surface area (Å²) in [6.07, 6.45) is 7.71. The van der Waals surface area contributed by atoms with Crippen molar-refractivity contribution in [1.29, 1.82) is 0 Å². The molecule has 0 radical (unpaired) electrons. The maximum absolute atomic E-state index is 11.1. The molecule has 1 heterocycles. The van der Waals surface area contributed by atoms with Crippen molar-refractivity contribution in [2.75, 3.05) is 11.9 Å². The Balaban J connectivity index is 1.97. The molecule has 0 bridgehead atoms. The Bertz CT molecular complexity index is 468. The highest BCUT2D eigenvalue weighted by Gasteiger charge is 2.32. The van der Waals surface area contributed by atoms with Crippen LogP contribution in [0.4, 0.5) is 5.69 Å². The van der Waals surface area contributed by atoms with Crippen LogP contribution in [0.25, 0.3) is 0 Å². The Morgan fingerprint density at radius 3 is 2.80 bits per heavy atom. The third kappa shape index (κ3) is 3.48. The van der Waals surface area contributed by atoms with Gasteiger partial charge in [-0.25, -0.2) is 4.79 Å². The van der Waals surface area contributed by atoms with E-state index >= 15 is 0 Å². The molecule has 1 aliphatic rings. The van der Waals surface area contributed by atoms with E-state index in [1.807, 2.05) is 0 Å². The predicted octanol–water partition coefficient (Wildman–Crippen LogP) is 2.52. The van der Waals surface area contributed by atoms with Crippen molar-refractivity contribution in [3.05, 3.63) is 24.0 Å². The Morgan fingerprint density at radius 2 is 2.20 bits per heavy atom. The van der Waals surface area contributed by atoms with Crippen LogP contribution in [0.15, 0.2) is 18.5 Å². The van der Waals surface area contributed by atoms with E-state index in [2.05, 4.69) is 17.2 Å². The van der Waals surface area contributed by atoms with Crippen LogP contribution in [-0.2, 0) is 0 Å². The van der Waals surface area contributed by atoms with Crippen molar-refractivity contribution in [2.24, 2.45) is 5.92 Å². The molecule has 0 atom stereocenters. The summed E-state index contributed by atoms with van der Waals surface area (Å²) < 4.78 is 0. The van der Waals surface area contributed by atoms with Gasteiger partial charge in [0.2, 0.25) is 0 Å². The van der Waals surface area contributed by atoms with Crippen LogP contribution >= 0.6 is 0 Å². The van der Waals surface area contributed by atoms with Gasteiger partial charge in [0.05, 0.1) is 23.0 Å². The molecule has 5 nitrogen and oxygen atoms in total. The largest absolute Gasteiger partial charge is 0.478 e. The first-order valence-electron chi connectivity index (χ1n) is 7.17. The smallest absolute Gasteiger partial charge is 0.337 e. The Morgan fingerprint density at radius 1 is 1.50 bits per heavy atom. The molecule has 1 fully saturated rings. The molecule has 3 N–H and O–H groups in total. The van der Waals surface area contributed by atoms with Gasteiger partial charge in [0.15, 0.2) is 0 Å². The lowest BCUT2D eigenvalue weighted by Crippen LogP contribution is -2.40. The number of carboxylic acid groups (broad SMARTS) is 1. The summed E-state index contributed by atoms with van der Waals surface area (Å²) in [5.74, 6) is -0.278. The zero-order valence-corrected chi connectivity index (χ0v) is 11.8. The number of carbonyl (C=O) groups is 1. The van der Waals surface area contributed by atoms with Crippen LogP contribution in [-0.4, -0.2) is 33.3 Å². The summed E-state index contributed by atoms with van der Waals surface area (Å²) in [6, 6.07) is 1.46. The molecule has 5 heteroatoms. The van der Waals surface area contributed by atoms with Gasteiger partial charge in [-0.1, -0.05) is 13.3 Å². The van der Waals surface area contributed by atoms with E-state index in [1.165, 1.54) is 18.5 Å². The number of nitrogens with one attached hydrogen (secondary N) is 1. The first-order valence-corrected chi connectivity index (χ1v) is 7.17. The van der Waals surface area contributed by atoms with E-state index < -0.39 is 11.6 Å². The van der Waals surface area contributed by atoms with Crippen molar-refractivity contribution in [1.82, 2.24) is 4.98 Å². The van der Waals surface area contributed by atoms with Gasteiger partial charge >= 0.3 is 5.97 Å². The zero-order chi connectivity index (χ0) is 14.6. The first kappa shape index (κ1) is 14.8. The molecule has 1 saturated carbocycles. The standard InChI is InChI=1S/C15H22N2O3/c1-2-11-3-6-15(20,7-4-11)10-17-13-9-16-8-5-12(13)14(18)19/h5,8-9,11,17,20H,2-4,6-7,10H2,1H3,(H,18,19). The molecule has 1 aromatic heterocycles. The molecule has 2 rings (SSSR count). The van der Waals surface area contributed by atoms with E-state index in [9.17, 15) is 9.90 Å². The number of aromatic nitrogens is 1. The Kier molecular flexibility index (Phi) is 4.60. The summed E-state index contributed by atoms with van der Waals surface area (Å²) in [7, 11) is 0. The van der Waals surface area contributed by atoms with Gasteiger partial charge in [0.1, 0.15) is 0 Å². The second-order valence-corrected chi connectivity index (χ2v) is 5.66. The number of anilines is 1. The summed E-state index contributed by atoms with van der Waals surface area (Å²) in [5.41, 5.74) is -0.0889. The minimum Gasteiger partial charge on any atom is -0.478 e. The SMILES string of the molecule is CCC1CCC(O)(CNc2cnccc2C(=O)O)CC1. The molecular formula is C15H22N2O3. The molecule has 0 aliphatic heterocycles. The number of rotatable bonds is 5. The molecule has 0 unspecified atom stereocenters. The summed E-state index contributed by atoms with van der Waals surface area (Å²) >= 11 is 0. The van der Waals surface area contributed by atoms with Crippen molar-refractivity contribution in [3.8, 4) is 0 Å². The van der Waals surface area contributed by atoms with E-state index in [0.717, 1.165) is 32.1 Å². The molecule has 1 aliphatic carbocycles. The highest BCUT2D eigenvalue weighted by molar-refractivity contribution is 5.93. The fraction of sp³-hybridized carbons (Fsp3) is 0.600. The maximum atomic E-state index is 11.1. The normalized spacial score (nSPS) is 26.2. The van der Waals surface area contributed by atoms with E-state index in [1.54, 1.807) is 0 Å². The number of hydrogen-bond acceptors (Lipinski definition) is 4. The minimum atomic E-state index is -0.989.